The monoisotopic (exact) mass is 360 g/mol. The summed E-state index contributed by atoms with van der Waals surface area (Å²) < 4.78 is 83.7. The predicted octanol–water partition coefficient (Wildman–Crippen LogP) is 4.55. The van der Waals surface area contributed by atoms with Crippen LogP contribution in [0.1, 0.15) is 24.0 Å². The zero-order chi connectivity index (χ0) is 17.9. The molecule has 0 fully saturated rings. The molecule has 3 nitrogen and oxygen atoms in total. The molecule has 0 radical (unpaired) electrons. The molecule has 24 heavy (non-hydrogen) atoms. The molecule has 1 heterocycles. The Morgan fingerprint density at radius 2 is 1.67 bits per heavy atom. The maximum atomic E-state index is 14.0. The van der Waals surface area contributed by atoms with E-state index in [1.54, 1.807) is 0 Å². The molecule has 0 saturated carbocycles. The van der Waals surface area contributed by atoms with Crippen LogP contribution in [-0.4, -0.2) is 13.7 Å². The maximum absolute atomic E-state index is 14.0. The lowest BCUT2D eigenvalue weighted by Crippen LogP contribution is -2.27. The van der Waals surface area contributed by atoms with Crippen LogP contribution >= 0.6 is 0 Å². The molecule has 1 aliphatic heterocycles. The van der Waals surface area contributed by atoms with Gasteiger partial charge in [-0.25, -0.2) is 17.2 Å². The lowest BCUT2D eigenvalue weighted by Gasteiger charge is -2.15. The first-order valence-corrected chi connectivity index (χ1v) is 8.44. The number of rotatable bonds is 2. The van der Waals surface area contributed by atoms with E-state index in [9.17, 15) is 26.0 Å². The summed E-state index contributed by atoms with van der Waals surface area (Å²) >= 11 is 0. The highest BCUT2D eigenvalue weighted by Crippen LogP contribution is 2.52. The van der Waals surface area contributed by atoms with Gasteiger partial charge in [-0.2, -0.15) is 8.78 Å². The molecule has 0 bridgehead atoms. The number of hydrogen-bond donors (Lipinski definition) is 0. The number of fused-ring (bicyclic) bond motifs is 1. The summed E-state index contributed by atoms with van der Waals surface area (Å²) in [5.74, 6) is -3.36. The van der Waals surface area contributed by atoms with Gasteiger partial charge in [0.25, 0.3) is 0 Å². The lowest BCUT2D eigenvalue weighted by atomic mass is 9.96. The number of hydrogen-bond acceptors (Lipinski definition) is 3. The minimum Gasteiger partial charge on any atom is -0.457 e. The summed E-state index contributed by atoms with van der Waals surface area (Å²) in [4.78, 5) is -0.449. The molecule has 0 N–H and O–H groups in total. The minimum absolute atomic E-state index is 0.0469. The van der Waals surface area contributed by atoms with E-state index in [0.717, 1.165) is 25.1 Å². The van der Waals surface area contributed by atoms with Gasteiger partial charge in [0, 0.05) is 18.2 Å². The molecule has 0 amide bonds. The molecule has 1 atom stereocenters. The highest BCUT2D eigenvalue weighted by atomic mass is 32.2. The zero-order valence-corrected chi connectivity index (χ0v) is 13.4. The van der Waals surface area contributed by atoms with Gasteiger partial charge in [0.05, 0.1) is 10.8 Å². The van der Waals surface area contributed by atoms with Crippen LogP contribution in [0.15, 0.2) is 35.2 Å². The van der Waals surface area contributed by atoms with Crippen LogP contribution in [0.3, 0.4) is 0 Å². The average Bonchev–Trinajstić information content (AvgIpc) is 2.59. The van der Waals surface area contributed by atoms with Crippen molar-refractivity contribution in [1.29, 1.82) is 0 Å². The van der Waals surface area contributed by atoms with Crippen molar-refractivity contribution < 1.29 is 30.7 Å². The SMILES string of the molecule is Cc1c(Oc2cc(F)cc(F)c2)ccc2c1C(C)C(F)(F)S2(=O)=O. The molecular formula is C16H12F4O3S. The molecule has 0 spiro atoms. The quantitative estimate of drug-likeness (QED) is 0.738. The van der Waals surface area contributed by atoms with Crippen LogP contribution in [0, 0.1) is 18.6 Å². The molecule has 8 heteroatoms. The van der Waals surface area contributed by atoms with Gasteiger partial charge in [-0.3, -0.25) is 0 Å². The van der Waals surface area contributed by atoms with Gasteiger partial charge in [-0.05, 0) is 30.2 Å². The first kappa shape index (κ1) is 16.8. The molecule has 2 aromatic carbocycles. The fourth-order valence-electron chi connectivity index (χ4n) is 2.83. The van der Waals surface area contributed by atoms with E-state index >= 15 is 0 Å². The van der Waals surface area contributed by atoms with Crippen LogP contribution in [0.25, 0.3) is 0 Å². The summed E-state index contributed by atoms with van der Waals surface area (Å²) in [6, 6.07) is 4.76. The van der Waals surface area contributed by atoms with E-state index in [0.29, 0.717) is 6.07 Å². The Kier molecular flexibility index (Phi) is 3.63. The van der Waals surface area contributed by atoms with E-state index in [2.05, 4.69) is 0 Å². The standard InChI is InChI=1S/C16H12F4O3S/c1-8-13(23-12-6-10(17)5-11(18)7-12)3-4-14-15(8)9(2)16(19,20)24(14,21)22/h3-7,9H,1-2H3. The van der Waals surface area contributed by atoms with Gasteiger partial charge in [0.15, 0.2) is 0 Å². The van der Waals surface area contributed by atoms with Crippen molar-refractivity contribution in [2.24, 2.45) is 0 Å². The van der Waals surface area contributed by atoms with E-state index in [4.69, 9.17) is 4.74 Å². The Morgan fingerprint density at radius 3 is 2.25 bits per heavy atom. The number of sulfone groups is 1. The van der Waals surface area contributed by atoms with Crippen molar-refractivity contribution in [2.45, 2.75) is 29.9 Å². The van der Waals surface area contributed by atoms with Gasteiger partial charge >= 0.3 is 5.25 Å². The van der Waals surface area contributed by atoms with Crippen molar-refractivity contribution >= 4 is 9.84 Å². The lowest BCUT2D eigenvalue weighted by molar-refractivity contribution is 0.0724. The summed E-state index contributed by atoms with van der Waals surface area (Å²) in [6.45, 7) is 2.54. The Hall–Kier alpha value is -2.09. The maximum Gasteiger partial charge on any atom is 0.356 e. The smallest absolute Gasteiger partial charge is 0.356 e. The first-order valence-electron chi connectivity index (χ1n) is 6.95. The van der Waals surface area contributed by atoms with Crippen molar-refractivity contribution in [2.75, 3.05) is 0 Å². The molecular weight excluding hydrogens is 348 g/mol. The minimum atomic E-state index is -4.77. The summed E-state index contributed by atoms with van der Waals surface area (Å²) in [5.41, 5.74) is 0.139. The summed E-state index contributed by atoms with van der Waals surface area (Å²) in [5, 5.41) is -3.91. The topological polar surface area (TPSA) is 43.4 Å². The second-order valence-corrected chi connectivity index (χ2v) is 7.59. The van der Waals surface area contributed by atoms with Crippen molar-refractivity contribution in [3.8, 4) is 11.5 Å². The third-order valence-corrected chi connectivity index (χ3v) is 6.08. The highest BCUT2D eigenvalue weighted by Gasteiger charge is 2.59. The Morgan fingerprint density at radius 1 is 1.08 bits per heavy atom. The Labute approximate surface area is 135 Å². The normalized spacial score (nSPS) is 20.7. The van der Waals surface area contributed by atoms with Crippen LogP contribution < -0.4 is 4.74 Å². The average molecular weight is 360 g/mol. The predicted molar refractivity (Wildman–Crippen MR) is 78.2 cm³/mol. The van der Waals surface area contributed by atoms with Crippen LogP contribution in [-0.2, 0) is 9.84 Å². The van der Waals surface area contributed by atoms with Crippen LogP contribution in [0.2, 0.25) is 0 Å². The third-order valence-electron chi connectivity index (χ3n) is 4.07. The van der Waals surface area contributed by atoms with Crippen LogP contribution in [0.5, 0.6) is 11.5 Å². The van der Waals surface area contributed by atoms with Gasteiger partial charge in [-0.1, -0.05) is 6.92 Å². The van der Waals surface area contributed by atoms with Crippen molar-refractivity contribution in [3.63, 3.8) is 0 Å². The summed E-state index contributed by atoms with van der Waals surface area (Å²) in [6.07, 6.45) is 0. The number of benzene rings is 2. The Balaban J connectivity index is 2.11. The number of halogens is 4. The molecule has 128 valence electrons. The molecule has 1 aliphatic rings. The van der Waals surface area contributed by atoms with Gasteiger partial charge in [-0.15, -0.1) is 0 Å². The van der Waals surface area contributed by atoms with Crippen LogP contribution in [0.4, 0.5) is 17.6 Å². The largest absolute Gasteiger partial charge is 0.457 e. The molecule has 3 rings (SSSR count). The van der Waals surface area contributed by atoms with Gasteiger partial charge < -0.3 is 4.74 Å². The van der Waals surface area contributed by atoms with Crippen molar-refractivity contribution in [3.05, 3.63) is 53.1 Å². The Bertz CT molecular complexity index is 918. The van der Waals surface area contributed by atoms with Gasteiger partial charge in [0.1, 0.15) is 23.1 Å². The molecule has 0 aliphatic carbocycles. The van der Waals surface area contributed by atoms with Crippen molar-refractivity contribution in [1.82, 2.24) is 0 Å². The molecule has 1 unspecified atom stereocenters. The molecule has 2 aromatic rings. The second kappa shape index (κ2) is 5.20. The highest BCUT2D eigenvalue weighted by molar-refractivity contribution is 7.92. The van der Waals surface area contributed by atoms with E-state index in [1.165, 1.54) is 13.0 Å². The fraction of sp³-hybridized carbons (Fsp3) is 0.250. The van der Waals surface area contributed by atoms with E-state index < -0.39 is 37.5 Å². The summed E-state index contributed by atoms with van der Waals surface area (Å²) in [7, 11) is -4.77. The third kappa shape index (κ3) is 2.28. The van der Waals surface area contributed by atoms with E-state index in [-0.39, 0.29) is 22.6 Å². The second-order valence-electron chi connectivity index (χ2n) is 5.59. The van der Waals surface area contributed by atoms with E-state index in [1.807, 2.05) is 0 Å². The van der Waals surface area contributed by atoms with Gasteiger partial charge in [0.2, 0.25) is 9.84 Å². The molecule has 0 saturated heterocycles. The fourth-order valence-corrected chi connectivity index (χ4v) is 4.57. The number of alkyl halides is 2. The number of ether oxygens (including phenoxy) is 1. The molecule has 0 aromatic heterocycles. The zero-order valence-electron chi connectivity index (χ0n) is 12.6. The first-order chi connectivity index (χ1) is 11.1.